The van der Waals surface area contributed by atoms with Crippen molar-refractivity contribution in [2.75, 3.05) is 7.11 Å². The molecule has 6 nitrogen and oxygen atoms in total. The van der Waals surface area contributed by atoms with Crippen molar-refractivity contribution in [3.63, 3.8) is 0 Å². The highest BCUT2D eigenvalue weighted by Gasteiger charge is 2.26. The van der Waals surface area contributed by atoms with Crippen LogP contribution >= 0.6 is 11.6 Å². The van der Waals surface area contributed by atoms with E-state index < -0.39 is 5.97 Å². The number of carbonyl (C=O) groups is 2. The molecule has 2 amide bonds. The zero-order chi connectivity index (χ0) is 16.8. The van der Waals surface area contributed by atoms with Crippen LogP contribution in [0.3, 0.4) is 0 Å². The Balaban J connectivity index is 1.79. The molecule has 0 aliphatic heterocycles. The summed E-state index contributed by atoms with van der Waals surface area (Å²) in [6, 6.07) is 5.01. The van der Waals surface area contributed by atoms with Crippen molar-refractivity contribution >= 4 is 23.6 Å². The summed E-state index contributed by atoms with van der Waals surface area (Å²) in [6.07, 6.45) is 2.58. The Morgan fingerprint density at radius 1 is 1.30 bits per heavy atom. The Morgan fingerprint density at radius 3 is 2.61 bits per heavy atom. The minimum atomic E-state index is -0.747. The lowest BCUT2D eigenvalue weighted by Gasteiger charge is -2.26. The van der Waals surface area contributed by atoms with Crippen LogP contribution in [0, 0.1) is 5.92 Å². The van der Waals surface area contributed by atoms with Crippen LogP contribution < -0.4 is 15.4 Å². The van der Waals surface area contributed by atoms with Gasteiger partial charge in [0.25, 0.3) is 0 Å². The molecule has 3 N–H and O–H groups in total. The van der Waals surface area contributed by atoms with E-state index >= 15 is 0 Å². The van der Waals surface area contributed by atoms with Crippen molar-refractivity contribution in [1.29, 1.82) is 0 Å². The number of nitrogens with one attached hydrogen (secondary N) is 2. The van der Waals surface area contributed by atoms with E-state index in [1.165, 1.54) is 0 Å². The molecule has 1 saturated carbocycles. The van der Waals surface area contributed by atoms with Crippen molar-refractivity contribution < 1.29 is 19.4 Å². The minimum Gasteiger partial charge on any atom is -0.496 e. The maximum Gasteiger partial charge on any atom is 0.315 e. The summed E-state index contributed by atoms with van der Waals surface area (Å²) < 4.78 is 5.23. The van der Waals surface area contributed by atoms with Crippen molar-refractivity contribution in [2.24, 2.45) is 5.92 Å². The molecule has 0 atom stereocenters. The van der Waals surface area contributed by atoms with E-state index in [0.717, 1.165) is 5.56 Å². The first-order chi connectivity index (χ1) is 11.0. The summed E-state index contributed by atoms with van der Waals surface area (Å²) in [4.78, 5) is 22.9. The van der Waals surface area contributed by atoms with Gasteiger partial charge in [-0.05, 0) is 37.8 Å². The SMILES string of the molecule is COc1cc(Cl)ccc1CNC(=O)NC1CCC(C(=O)O)CC1. The molecular formula is C16H21ClN2O4. The van der Waals surface area contributed by atoms with Crippen LogP contribution in [0.1, 0.15) is 31.2 Å². The first-order valence-electron chi connectivity index (χ1n) is 7.59. The highest BCUT2D eigenvalue weighted by atomic mass is 35.5. The van der Waals surface area contributed by atoms with E-state index in [9.17, 15) is 9.59 Å². The Hall–Kier alpha value is -1.95. The molecule has 0 heterocycles. The van der Waals surface area contributed by atoms with Gasteiger partial charge in [0.2, 0.25) is 0 Å². The second kappa shape index (κ2) is 8.06. The van der Waals surface area contributed by atoms with Crippen LogP contribution in [0.2, 0.25) is 5.02 Å². The van der Waals surface area contributed by atoms with E-state index in [0.29, 0.717) is 43.0 Å². The number of rotatable bonds is 5. The molecule has 1 aliphatic carbocycles. The molecule has 0 aromatic heterocycles. The smallest absolute Gasteiger partial charge is 0.315 e. The van der Waals surface area contributed by atoms with Gasteiger partial charge in [-0.1, -0.05) is 17.7 Å². The first kappa shape index (κ1) is 17.4. The highest BCUT2D eigenvalue weighted by Crippen LogP contribution is 2.25. The maximum absolute atomic E-state index is 12.0. The number of ether oxygens (including phenoxy) is 1. The first-order valence-corrected chi connectivity index (χ1v) is 7.97. The Bertz CT molecular complexity index is 571. The average Bonchev–Trinajstić information content (AvgIpc) is 2.54. The van der Waals surface area contributed by atoms with E-state index in [4.69, 9.17) is 21.4 Å². The summed E-state index contributed by atoms with van der Waals surface area (Å²) in [7, 11) is 1.55. The fourth-order valence-electron chi connectivity index (χ4n) is 2.76. The number of carboxylic acid groups (broad SMARTS) is 1. The fraction of sp³-hybridized carbons (Fsp3) is 0.500. The van der Waals surface area contributed by atoms with Crippen molar-refractivity contribution in [2.45, 2.75) is 38.3 Å². The maximum atomic E-state index is 12.0. The standard InChI is InChI=1S/C16H21ClN2O4/c1-23-14-8-12(17)5-2-11(14)9-18-16(22)19-13-6-3-10(4-7-13)15(20)21/h2,5,8,10,13H,3-4,6-7,9H2,1H3,(H,20,21)(H2,18,19,22). The lowest BCUT2D eigenvalue weighted by molar-refractivity contribution is -0.142. The molecule has 7 heteroatoms. The highest BCUT2D eigenvalue weighted by molar-refractivity contribution is 6.30. The fourth-order valence-corrected chi connectivity index (χ4v) is 2.92. The Kier molecular flexibility index (Phi) is 6.10. The summed E-state index contributed by atoms with van der Waals surface area (Å²) in [5.74, 6) is -0.406. The van der Waals surface area contributed by atoms with Gasteiger partial charge < -0.3 is 20.5 Å². The van der Waals surface area contributed by atoms with Crippen LogP contribution in [-0.2, 0) is 11.3 Å². The number of amides is 2. The van der Waals surface area contributed by atoms with E-state index in [1.807, 2.05) is 0 Å². The molecule has 1 aliphatic rings. The number of halogens is 1. The predicted octanol–water partition coefficient (Wildman–Crippen LogP) is 2.79. The lowest BCUT2D eigenvalue weighted by atomic mass is 9.86. The Morgan fingerprint density at radius 2 is 2.00 bits per heavy atom. The number of benzene rings is 1. The Labute approximate surface area is 140 Å². The third-order valence-corrected chi connectivity index (χ3v) is 4.34. The number of urea groups is 1. The number of aliphatic carboxylic acids is 1. The average molecular weight is 341 g/mol. The molecule has 1 fully saturated rings. The number of hydrogen-bond donors (Lipinski definition) is 3. The van der Waals surface area contributed by atoms with Crippen molar-refractivity contribution in [3.8, 4) is 5.75 Å². The normalized spacial score (nSPS) is 20.6. The third-order valence-electron chi connectivity index (χ3n) is 4.10. The molecule has 0 bridgehead atoms. The lowest BCUT2D eigenvalue weighted by Crippen LogP contribution is -2.43. The summed E-state index contributed by atoms with van der Waals surface area (Å²) in [5, 5.41) is 15.2. The molecule has 0 saturated heterocycles. The van der Waals surface area contributed by atoms with E-state index in [-0.39, 0.29) is 18.0 Å². The van der Waals surface area contributed by atoms with Crippen LogP contribution in [0.15, 0.2) is 18.2 Å². The predicted molar refractivity (Wildman–Crippen MR) is 86.8 cm³/mol. The third kappa shape index (κ3) is 5.03. The van der Waals surface area contributed by atoms with Crippen LogP contribution in [-0.4, -0.2) is 30.3 Å². The zero-order valence-electron chi connectivity index (χ0n) is 13.0. The molecular weight excluding hydrogens is 320 g/mol. The van der Waals surface area contributed by atoms with Gasteiger partial charge in [0.1, 0.15) is 5.75 Å². The van der Waals surface area contributed by atoms with Gasteiger partial charge in [-0.2, -0.15) is 0 Å². The zero-order valence-corrected chi connectivity index (χ0v) is 13.7. The topological polar surface area (TPSA) is 87.7 Å². The molecule has 0 spiro atoms. The van der Waals surface area contributed by atoms with Crippen LogP contribution in [0.4, 0.5) is 4.79 Å². The number of carboxylic acids is 1. The van der Waals surface area contributed by atoms with Crippen LogP contribution in [0.25, 0.3) is 0 Å². The summed E-state index contributed by atoms with van der Waals surface area (Å²) in [5.41, 5.74) is 0.835. The molecule has 23 heavy (non-hydrogen) atoms. The van der Waals surface area contributed by atoms with Gasteiger partial charge in [0, 0.05) is 23.2 Å². The molecule has 0 unspecified atom stereocenters. The number of methoxy groups -OCH3 is 1. The second-order valence-corrected chi connectivity index (χ2v) is 6.11. The van der Waals surface area contributed by atoms with Gasteiger partial charge in [0.05, 0.1) is 13.0 Å². The second-order valence-electron chi connectivity index (χ2n) is 5.67. The van der Waals surface area contributed by atoms with Crippen molar-refractivity contribution in [3.05, 3.63) is 28.8 Å². The van der Waals surface area contributed by atoms with Gasteiger partial charge in [-0.3, -0.25) is 4.79 Å². The van der Waals surface area contributed by atoms with Crippen LogP contribution in [0.5, 0.6) is 5.75 Å². The van der Waals surface area contributed by atoms with Gasteiger partial charge >= 0.3 is 12.0 Å². The monoisotopic (exact) mass is 340 g/mol. The molecule has 2 rings (SSSR count). The molecule has 1 aromatic carbocycles. The van der Waals surface area contributed by atoms with Gasteiger partial charge in [-0.25, -0.2) is 4.79 Å². The van der Waals surface area contributed by atoms with Crippen molar-refractivity contribution in [1.82, 2.24) is 10.6 Å². The van der Waals surface area contributed by atoms with E-state index in [2.05, 4.69) is 10.6 Å². The molecule has 126 valence electrons. The van der Waals surface area contributed by atoms with E-state index in [1.54, 1.807) is 25.3 Å². The largest absolute Gasteiger partial charge is 0.496 e. The van der Waals surface area contributed by atoms with Gasteiger partial charge in [-0.15, -0.1) is 0 Å². The van der Waals surface area contributed by atoms with Gasteiger partial charge in [0.15, 0.2) is 0 Å². The number of hydrogen-bond acceptors (Lipinski definition) is 3. The molecule has 0 radical (unpaired) electrons. The number of carbonyl (C=O) groups excluding carboxylic acids is 1. The summed E-state index contributed by atoms with van der Waals surface area (Å²) >= 11 is 5.90. The minimum absolute atomic E-state index is 0.0257. The molecule has 1 aromatic rings. The quantitative estimate of drug-likeness (QED) is 0.769. The summed E-state index contributed by atoms with van der Waals surface area (Å²) in [6.45, 7) is 0.330.